The molecule has 0 radical (unpaired) electrons. The minimum atomic E-state index is -0.539. The number of ether oxygens (including phenoxy) is 1. The van der Waals surface area contributed by atoms with Crippen molar-refractivity contribution in [2.24, 2.45) is 5.10 Å². The number of benzene rings is 3. The van der Waals surface area contributed by atoms with E-state index in [4.69, 9.17) is 4.74 Å². The lowest BCUT2D eigenvalue weighted by atomic mass is 10.2. The molecule has 0 saturated carbocycles. The van der Waals surface area contributed by atoms with Crippen LogP contribution in [0.5, 0.6) is 5.75 Å². The van der Waals surface area contributed by atoms with E-state index in [1.54, 1.807) is 36.4 Å². The van der Waals surface area contributed by atoms with Gasteiger partial charge in [-0.1, -0.05) is 18.2 Å². The molecule has 0 atom stereocenters. The molecule has 31 heavy (non-hydrogen) atoms. The van der Waals surface area contributed by atoms with Crippen LogP contribution in [0.3, 0.4) is 0 Å². The number of carbonyl (C=O) groups excluding carboxylic acids is 2. The minimum Gasteiger partial charge on any atom is -0.484 e. The van der Waals surface area contributed by atoms with E-state index >= 15 is 0 Å². The van der Waals surface area contributed by atoms with Crippen LogP contribution in [-0.2, 0) is 4.79 Å². The summed E-state index contributed by atoms with van der Waals surface area (Å²) in [6.45, 7) is -0.131. The average Bonchev–Trinajstić information content (AvgIpc) is 2.79. The largest absolute Gasteiger partial charge is 0.484 e. The van der Waals surface area contributed by atoms with E-state index in [0.29, 0.717) is 17.0 Å². The van der Waals surface area contributed by atoms with Gasteiger partial charge in [-0.25, -0.2) is 5.43 Å². The smallest absolute Gasteiger partial charge is 0.271 e. The van der Waals surface area contributed by atoms with Crippen molar-refractivity contribution in [1.82, 2.24) is 5.43 Å². The Kier molecular flexibility index (Phi) is 7.04. The van der Waals surface area contributed by atoms with Gasteiger partial charge in [0, 0.05) is 23.4 Å². The molecule has 0 unspecified atom stereocenters. The number of carbonyl (C=O) groups is 2. The van der Waals surface area contributed by atoms with Gasteiger partial charge in [0.25, 0.3) is 17.5 Å². The van der Waals surface area contributed by atoms with Crippen LogP contribution in [0, 0.1) is 10.1 Å². The van der Waals surface area contributed by atoms with E-state index in [1.165, 1.54) is 30.5 Å². The van der Waals surface area contributed by atoms with Crippen molar-refractivity contribution < 1.29 is 19.2 Å². The molecule has 0 aromatic heterocycles. The van der Waals surface area contributed by atoms with Crippen molar-refractivity contribution in [2.75, 3.05) is 11.9 Å². The van der Waals surface area contributed by atoms with Crippen LogP contribution in [0.2, 0.25) is 0 Å². The number of rotatable bonds is 8. The van der Waals surface area contributed by atoms with E-state index < -0.39 is 10.8 Å². The number of para-hydroxylation sites is 1. The Bertz CT molecular complexity index is 1080. The highest BCUT2D eigenvalue weighted by molar-refractivity contribution is 5.95. The van der Waals surface area contributed by atoms with Gasteiger partial charge < -0.3 is 10.1 Å². The maximum absolute atomic E-state index is 12.0. The van der Waals surface area contributed by atoms with Gasteiger partial charge in [0.05, 0.1) is 11.1 Å². The van der Waals surface area contributed by atoms with Crippen LogP contribution in [0.1, 0.15) is 15.9 Å². The lowest BCUT2D eigenvalue weighted by Gasteiger charge is -2.07. The molecule has 2 amide bonds. The standard InChI is InChI=1S/C22H18N4O5/c27-21(24-18-4-2-1-3-5-18)15-31-20-12-6-16(7-13-20)14-23-25-22(28)17-8-10-19(11-9-17)26(29)30/h1-14H,15H2,(H,24,27)(H,25,28)/b23-14+. The van der Waals surface area contributed by atoms with Crippen LogP contribution in [-0.4, -0.2) is 29.6 Å². The van der Waals surface area contributed by atoms with Gasteiger partial charge in [-0.2, -0.15) is 5.10 Å². The Morgan fingerprint density at radius 1 is 0.968 bits per heavy atom. The first kappa shape index (κ1) is 21.2. The van der Waals surface area contributed by atoms with Crippen LogP contribution >= 0.6 is 0 Å². The fourth-order valence-corrected chi connectivity index (χ4v) is 2.48. The molecule has 9 heteroatoms. The summed E-state index contributed by atoms with van der Waals surface area (Å²) in [7, 11) is 0. The second-order valence-corrected chi connectivity index (χ2v) is 6.28. The number of hydrogen-bond donors (Lipinski definition) is 2. The Balaban J connectivity index is 1.46. The second kappa shape index (κ2) is 10.3. The highest BCUT2D eigenvalue weighted by atomic mass is 16.6. The molecule has 0 saturated heterocycles. The third kappa shape index (κ3) is 6.50. The molecule has 9 nitrogen and oxygen atoms in total. The van der Waals surface area contributed by atoms with E-state index in [0.717, 1.165) is 0 Å². The third-order valence-corrected chi connectivity index (χ3v) is 4.03. The van der Waals surface area contributed by atoms with Gasteiger partial charge in [-0.15, -0.1) is 0 Å². The molecule has 2 N–H and O–H groups in total. The fourth-order valence-electron chi connectivity index (χ4n) is 2.48. The van der Waals surface area contributed by atoms with Crippen molar-refractivity contribution in [3.05, 3.63) is 100 Å². The molecule has 0 aliphatic carbocycles. The van der Waals surface area contributed by atoms with E-state index in [1.807, 2.05) is 18.2 Å². The molecule has 0 bridgehead atoms. The van der Waals surface area contributed by atoms with E-state index in [2.05, 4.69) is 15.8 Å². The number of non-ortho nitro benzene ring substituents is 1. The molecular formula is C22H18N4O5. The molecule has 3 rings (SSSR count). The second-order valence-electron chi connectivity index (χ2n) is 6.28. The summed E-state index contributed by atoms with van der Waals surface area (Å²) in [5.74, 6) is -0.253. The number of hydrogen-bond acceptors (Lipinski definition) is 6. The molecule has 0 fully saturated rings. The molecule has 3 aromatic rings. The zero-order chi connectivity index (χ0) is 22.1. The zero-order valence-electron chi connectivity index (χ0n) is 16.2. The van der Waals surface area contributed by atoms with E-state index in [9.17, 15) is 19.7 Å². The highest BCUT2D eigenvalue weighted by Crippen LogP contribution is 2.13. The predicted molar refractivity (Wildman–Crippen MR) is 115 cm³/mol. The van der Waals surface area contributed by atoms with Gasteiger partial charge in [0.2, 0.25) is 0 Å². The summed E-state index contributed by atoms with van der Waals surface area (Å²) in [5.41, 5.74) is 3.90. The normalized spacial score (nSPS) is 10.5. The SMILES string of the molecule is O=C(COc1ccc(/C=N/NC(=O)c2ccc([N+](=O)[O-])cc2)cc1)Nc1ccccc1. The van der Waals surface area contributed by atoms with Crippen molar-refractivity contribution in [2.45, 2.75) is 0 Å². The maximum atomic E-state index is 12.0. The first-order valence-electron chi connectivity index (χ1n) is 9.17. The summed E-state index contributed by atoms with van der Waals surface area (Å²) < 4.78 is 5.45. The van der Waals surface area contributed by atoms with E-state index in [-0.39, 0.29) is 23.8 Å². The van der Waals surface area contributed by atoms with Gasteiger partial charge in [-0.3, -0.25) is 19.7 Å². The lowest BCUT2D eigenvalue weighted by molar-refractivity contribution is -0.384. The summed E-state index contributed by atoms with van der Waals surface area (Å²) >= 11 is 0. The van der Waals surface area contributed by atoms with Crippen molar-refractivity contribution in [1.29, 1.82) is 0 Å². The number of hydrazone groups is 1. The third-order valence-electron chi connectivity index (χ3n) is 4.03. The Morgan fingerprint density at radius 2 is 1.65 bits per heavy atom. The van der Waals surface area contributed by atoms with Gasteiger partial charge >= 0.3 is 0 Å². The Labute approximate surface area is 177 Å². The number of nitrogens with one attached hydrogen (secondary N) is 2. The highest BCUT2D eigenvalue weighted by Gasteiger charge is 2.08. The van der Waals surface area contributed by atoms with Crippen LogP contribution in [0.4, 0.5) is 11.4 Å². The Morgan fingerprint density at radius 3 is 2.29 bits per heavy atom. The first-order valence-corrected chi connectivity index (χ1v) is 9.17. The Hall–Kier alpha value is -4.53. The van der Waals surface area contributed by atoms with Crippen LogP contribution < -0.4 is 15.5 Å². The molecule has 0 heterocycles. The quantitative estimate of drug-likeness (QED) is 0.330. The van der Waals surface area contributed by atoms with Crippen molar-refractivity contribution in [3.63, 3.8) is 0 Å². The average molecular weight is 418 g/mol. The summed E-state index contributed by atoms with van der Waals surface area (Å²) in [6, 6.07) is 21.1. The molecule has 0 spiro atoms. The number of nitro benzene ring substituents is 1. The maximum Gasteiger partial charge on any atom is 0.271 e. The number of nitrogens with zero attached hydrogens (tertiary/aromatic N) is 2. The first-order chi connectivity index (χ1) is 15.0. The lowest BCUT2D eigenvalue weighted by Crippen LogP contribution is -2.20. The summed E-state index contributed by atoms with van der Waals surface area (Å²) in [5, 5.41) is 17.2. The van der Waals surface area contributed by atoms with Gasteiger partial charge in [-0.05, 0) is 54.1 Å². The molecule has 3 aromatic carbocycles. The van der Waals surface area contributed by atoms with Crippen molar-refractivity contribution in [3.8, 4) is 5.75 Å². The zero-order valence-corrected chi connectivity index (χ0v) is 16.2. The number of nitro groups is 1. The molecular weight excluding hydrogens is 400 g/mol. The fraction of sp³-hybridized carbons (Fsp3) is 0.0455. The van der Waals surface area contributed by atoms with Crippen LogP contribution in [0.15, 0.2) is 84.0 Å². The predicted octanol–water partition coefficient (Wildman–Crippen LogP) is 3.38. The molecule has 0 aliphatic rings. The number of anilines is 1. The topological polar surface area (TPSA) is 123 Å². The monoisotopic (exact) mass is 418 g/mol. The van der Waals surface area contributed by atoms with Gasteiger partial charge in [0.1, 0.15) is 5.75 Å². The summed E-state index contributed by atoms with van der Waals surface area (Å²) in [6.07, 6.45) is 1.44. The number of amides is 2. The molecule has 0 aliphatic heterocycles. The minimum absolute atomic E-state index is 0.0973. The molecule has 156 valence electrons. The van der Waals surface area contributed by atoms with Crippen molar-refractivity contribution >= 4 is 29.4 Å². The van der Waals surface area contributed by atoms with Gasteiger partial charge in [0.15, 0.2) is 6.61 Å². The van der Waals surface area contributed by atoms with Crippen LogP contribution in [0.25, 0.3) is 0 Å². The summed E-state index contributed by atoms with van der Waals surface area (Å²) in [4.78, 5) is 34.0.